The number of hydrogen-bond donors (Lipinski definition) is 1. The molecule has 162 valence electrons. The first kappa shape index (κ1) is 22.2. The van der Waals surface area contributed by atoms with Crippen molar-refractivity contribution in [3.63, 3.8) is 0 Å². The Hall–Kier alpha value is -2.46. The highest BCUT2D eigenvalue weighted by molar-refractivity contribution is 7.98. The lowest BCUT2D eigenvalue weighted by Gasteiger charge is -2.23. The second-order valence-electron chi connectivity index (χ2n) is 6.44. The van der Waals surface area contributed by atoms with Gasteiger partial charge in [0.15, 0.2) is 11.5 Å². The number of halogens is 1. The van der Waals surface area contributed by atoms with Crippen LogP contribution in [0.25, 0.3) is 0 Å². The van der Waals surface area contributed by atoms with E-state index in [9.17, 15) is 17.6 Å². The maximum atomic E-state index is 13.6. The summed E-state index contributed by atoms with van der Waals surface area (Å²) in [4.78, 5) is 12.4. The summed E-state index contributed by atoms with van der Waals surface area (Å²) in [6.07, 6.45) is 0. The van der Waals surface area contributed by atoms with Crippen LogP contribution in [0.5, 0.6) is 11.5 Å². The number of nitrogens with one attached hydrogen (secondary N) is 1. The summed E-state index contributed by atoms with van der Waals surface area (Å²) in [6, 6.07) is 11.3. The molecule has 0 aliphatic carbocycles. The van der Waals surface area contributed by atoms with Crippen LogP contribution in [0.15, 0.2) is 42.5 Å². The molecule has 0 spiro atoms. The van der Waals surface area contributed by atoms with Gasteiger partial charge in [0.2, 0.25) is 22.7 Å². The van der Waals surface area contributed by atoms with Crippen LogP contribution in [-0.2, 0) is 20.6 Å². The zero-order valence-electron chi connectivity index (χ0n) is 16.5. The van der Waals surface area contributed by atoms with Crippen molar-refractivity contribution < 1.29 is 27.1 Å². The molecule has 0 fully saturated rings. The van der Waals surface area contributed by atoms with Gasteiger partial charge in [0.05, 0.1) is 11.4 Å². The molecule has 0 saturated carbocycles. The first-order valence-corrected chi connectivity index (χ1v) is 12.1. The third kappa shape index (κ3) is 5.57. The van der Waals surface area contributed by atoms with Crippen molar-refractivity contribution in [1.82, 2.24) is 5.32 Å². The second-order valence-corrected chi connectivity index (χ2v) is 9.73. The van der Waals surface area contributed by atoms with Gasteiger partial charge in [0.25, 0.3) is 0 Å². The fraction of sp³-hybridized carbons (Fsp3) is 0.350. The van der Waals surface area contributed by atoms with E-state index in [-0.39, 0.29) is 24.9 Å². The zero-order chi connectivity index (χ0) is 21.6. The van der Waals surface area contributed by atoms with Gasteiger partial charge in [-0.2, -0.15) is 11.8 Å². The van der Waals surface area contributed by atoms with Crippen LogP contribution in [0.2, 0.25) is 0 Å². The number of sulfonamides is 1. The van der Waals surface area contributed by atoms with Gasteiger partial charge in [0.1, 0.15) is 12.4 Å². The number of anilines is 1. The number of nitrogens with zero attached hydrogens (tertiary/aromatic N) is 1. The van der Waals surface area contributed by atoms with E-state index in [1.807, 2.05) is 0 Å². The normalized spacial score (nSPS) is 12.6. The fourth-order valence-corrected chi connectivity index (χ4v) is 4.70. The van der Waals surface area contributed by atoms with Crippen LogP contribution >= 0.6 is 11.8 Å². The predicted octanol–water partition coefficient (Wildman–Crippen LogP) is 2.76. The Morgan fingerprint density at radius 3 is 2.73 bits per heavy atom. The number of hydrogen-bond acceptors (Lipinski definition) is 6. The van der Waals surface area contributed by atoms with Crippen molar-refractivity contribution in [2.45, 2.75) is 12.7 Å². The predicted molar refractivity (Wildman–Crippen MR) is 115 cm³/mol. The molecule has 0 radical (unpaired) electrons. The number of fused-ring (bicyclic) bond motifs is 1. The number of carbonyl (C=O) groups is 1. The molecule has 0 unspecified atom stereocenters. The summed E-state index contributed by atoms with van der Waals surface area (Å²) in [5, 5.41) is 2.72. The third-order valence-corrected chi connectivity index (χ3v) is 7.16. The Labute approximate surface area is 179 Å². The molecule has 1 aliphatic heterocycles. The van der Waals surface area contributed by atoms with Crippen LogP contribution in [0.4, 0.5) is 10.1 Å². The quantitative estimate of drug-likeness (QED) is 0.556. The van der Waals surface area contributed by atoms with E-state index >= 15 is 0 Å². The van der Waals surface area contributed by atoms with E-state index < -0.39 is 15.9 Å². The van der Waals surface area contributed by atoms with E-state index in [2.05, 4.69) is 5.32 Å². The molecule has 2 aromatic rings. The minimum absolute atomic E-state index is 0.0738. The highest BCUT2D eigenvalue weighted by Crippen LogP contribution is 2.36. The van der Waals surface area contributed by atoms with E-state index in [0.29, 0.717) is 40.8 Å². The molecule has 2 aromatic carbocycles. The van der Waals surface area contributed by atoms with Crippen molar-refractivity contribution >= 4 is 33.4 Å². The summed E-state index contributed by atoms with van der Waals surface area (Å²) in [6.45, 7) is 1.60. The molecule has 1 N–H and O–H groups in total. The number of amides is 1. The maximum Gasteiger partial charge on any atom is 0.240 e. The average molecular weight is 455 g/mol. The lowest BCUT2D eigenvalue weighted by Crippen LogP contribution is -2.42. The molecule has 3 rings (SSSR count). The molecule has 1 aliphatic rings. The monoisotopic (exact) mass is 454 g/mol. The molecule has 0 atom stereocenters. The molecule has 0 bridgehead atoms. The Morgan fingerprint density at radius 1 is 1.20 bits per heavy atom. The lowest BCUT2D eigenvalue weighted by atomic mass is 10.2. The van der Waals surface area contributed by atoms with Crippen molar-refractivity contribution in [1.29, 1.82) is 0 Å². The Kier molecular flexibility index (Phi) is 7.43. The van der Waals surface area contributed by atoms with Crippen molar-refractivity contribution in [3.8, 4) is 11.5 Å². The molecule has 1 heterocycles. The van der Waals surface area contributed by atoms with Gasteiger partial charge in [-0.25, -0.2) is 12.8 Å². The molecule has 7 nitrogen and oxygen atoms in total. The fourth-order valence-electron chi connectivity index (χ4n) is 2.79. The van der Waals surface area contributed by atoms with Gasteiger partial charge < -0.3 is 14.8 Å². The Bertz CT molecular complexity index is 1000. The largest absolute Gasteiger partial charge is 0.454 e. The Morgan fingerprint density at radius 2 is 1.97 bits per heavy atom. The summed E-state index contributed by atoms with van der Waals surface area (Å²) in [5.41, 5.74) is 0.946. The second kappa shape index (κ2) is 10.0. The molecule has 1 amide bonds. The van der Waals surface area contributed by atoms with E-state index in [1.54, 1.807) is 36.4 Å². The minimum atomic E-state index is -3.67. The lowest BCUT2D eigenvalue weighted by molar-refractivity contribution is -0.119. The highest BCUT2D eigenvalue weighted by atomic mass is 32.2. The molecular weight excluding hydrogens is 431 g/mol. The van der Waals surface area contributed by atoms with Crippen molar-refractivity contribution in [2.24, 2.45) is 0 Å². The summed E-state index contributed by atoms with van der Waals surface area (Å²) >= 11 is 1.48. The van der Waals surface area contributed by atoms with Gasteiger partial charge >= 0.3 is 0 Å². The number of ether oxygens (including phenoxy) is 2. The van der Waals surface area contributed by atoms with Crippen LogP contribution < -0.4 is 19.1 Å². The molecule has 30 heavy (non-hydrogen) atoms. The van der Waals surface area contributed by atoms with Crippen molar-refractivity contribution in [3.05, 3.63) is 53.8 Å². The minimum Gasteiger partial charge on any atom is -0.454 e. The summed E-state index contributed by atoms with van der Waals surface area (Å²) < 4.78 is 50.3. The molecule has 0 aromatic heterocycles. The number of rotatable bonds is 10. The summed E-state index contributed by atoms with van der Waals surface area (Å²) in [7, 11) is -3.67. The molecular formula is C20H23FN2O5S2. The highest BCUT2D eigenvalue weighted by Gasteiger charge is 2.25. The summed E-state index contributed by atoms with van der Waals surface area (Å²) in [5.74, 6) is 1.22. The zero-order valence-corrected chi connectivity index (χ0v) is 18.1. The van der Waals surface area contributed by atoms with Gasteiger partial charge in [-0.05, 0) is 30.7 Å². The van der Waals surface area contributed by atoms with Gasteiger partial charge in [-0.1, -0.05) is 18.2 Å². The maximum absolute atomic E-state index is 13.6. The molecule has 10 heteroatoms. The third-order valence-electron chi connectivity index (χ3n) is 4.42. The van der Waals surface area contributed by atoms with Gasteiger partial charge in [0, 0.05) is 24.1 Å². The first-order chi connectivity index (χ1) is 14.4. The van der Waals surface area contributed by atoms with Crippen molar-refractivity contribution in [2.75, 3.05) is 35.7 Å². The van der Waals surface area contributed by atoms with Crippen LogP contribution in [0.1, 0.15) is 12.5 Å². The standard InChI is InChI=1S/C20H23FN2O5S2/c1-2-30(25,26)23(16-7-8-18-19(11-16)28-14-27-18)12-20(24)22-9-10-29-13-15-5-3-4-6-17(15)21/h3-8,11H,2,9-10,12-14H2,1H3,(H,22,24). The number of benzene rings is 2. The average Bonchev–Trinajstić information content (AvgIpc) is 3.20. The smallest absolute Gasteiger partial charge is 0.240 e. The van der Waals surface area contributed by atoms with Crippen LogP contribution in [0.3, 0.4) is 0 Å². The van der Waals surface area contributed by atoms with Gasteiger partial charge in [-0.15, -0.1) is 0 Å². The SMILES string of the molecule is CCS(=O)(=O)N(CC(=O)NCCSCc1ccccc1F)c1ccc2c(c1)OCO2. The topological polar surface area (TPSA) is 84.9 Å². The van der Waals surface area contributed by atoms with E-state index in [4.69, 9.17) is 9.47 Å². The Balaban J connectivity index is 1.54. The van der Waals surface area contributed by atoms with Crippen LogP contribution in [0, 0.1) is 5.82 Å². The van der Waals surface area contributed by atoms with Gasteiger partial charge in [-0.3, -0.25) is 9.10 Å². The van der Waals surface area contributed by atoms with E-state index in [1.165, 1.54) is 24.8 Å². The van der Waals surface area contributed by atoms with E-state index in [0.717, 1.165) is 4.31 Å². The molecule has 0 saturated heterocycles. The van der Waals surface area contributed by atoms with Crippen LogP contribution in [-0.4, -0.2) is 45.7 Å². The number of thioether (sulfide) groups is 1. The number of carbonyl (C=O) groups excluding carboxylic acids is 1. The first-order valence-electron chi connectivity index (χ1n) is 9.38.